The van der Waals surface area contributed by atoms with Crippen molar-refractivity contribution in [3.05, 3.63) is 58.7 Å². The van der Waals surface area contributed by atoms with Gasteiger partial charge in [0.2, 0.25) is 0 Å². The van der Waals surface area contributed by atoms with Crippen LogP contribution in [0.5, 0.6) is 0 Å². The van der Waals surface area contributed by atoms with Crippen molar-refractivity contribution in [1.29, 1.82) is 0 Å². The highest BCUT2D eigenvalue weighted by atomic mass is 15.3. The van der Waals surface area contributed by atoms with E-state index in [0.717, 1.165) is 26.2 Å². The topological polar surface area (TPSA) is 55.2 Å². The van der Waals surface area contributed by atoms with Crippen molar-refractivity contribution in [3.8, 4) is 0 Å². The summed E-state index contributed by atoms with van der Waals surface area (Å²) in [6.07, 6.45) is 5.10. The molecule has 18 heavy (non-hydrogen) atoms. The van der Waals surface area contributed by atoms with E-state index in [0.29, 0.717) is 6.54 Å². The van der Waals surface area contributed by atoms with Gasteiger partial charge < -0.3 is 9.80 Å². The summed E-state index contributed by atoms with van der Waals surface area (Å²) in [5, 5.41) is 3.54. The Hall–Kier alpha value is -2.13. The molecule has 0 saturated heterocycles. The van der Waals surface area contributed by atoms with Gasteiger partial charge in [-0.15, -0.1) is 0 Å². The zero-order valence-corrected chi connectivity index (χ0v) is 10.3. The molecule has 94 valence electrons. The maximum atomic E-state index is 8.19. The van der Waals surface area contributed by atoms with Crippen molar-refractivity contribution >= 4 is 0 Å². The molecule has 0 saturated carbocycles. The fourth-order valence-corrected chi connectivity index (χ4v) is 1.97. The molecule has 0 N–H and O–H groups in total. The van der Waals surface area contributed by atoms with E-state index in [-0.39, 0.29) is 0 Å². The third-order valence-electron chi connectivity index (χ3n) is 2.85. The van der Waals surface area contributed by atoms with Gasteiger partial charge in [-0.2, -0.15) is 0 Å². The lowest BCUT2D eigenvalue weighted by atomic mass is 10.2. The molecule has 1 aliphatic rings. The van der Waals surface area contributed by atoms with Crippen molar-refractivity contribution in [2.24, 2.45) is 5.11 Å². The second-order valence-electron chi connectivity index (χ2n) is 4.29. The average Bonchev–Trinajstić information content (AvgIpc) is 2.84. The molecular formula is C13H17N5. The zero-order chi connectivity index (χ0) is 12.6. The number of rotatable bonds is 6. The summed E-state index contributed by atoms with van der Waals surface area (Å²) in [5.41, 5.74) is 9.50. The summed E-state index contributed by atoms with van der Waals surface area (Å²) in [6, 6.07) is 10.4. The molecule has 1 aromatic carbocycles. The van der Waals surface area contributed by atoms with Crippen LogP contribution in [0.4, 0.5) is 0 Å². The maximum absolute atomic E-state index is 8.19. The first kappa shape index (κ1) is 12.3. The number of nitrogens with zero attached hydrogens (tertiary/aromatic N) is 5. The fraction of sp³-hybridized carbons (Fsp3) is 0.385. The monoisotopic (exact) mass is 243 g/mol. The van der Waals surface area contributed by atoms with E-state index in [1.807, 2.05) is 6.07 Å². The normalized spacial score (nSPS) is 13.8. The third kappa shape index (κ3) is 3.71. The maximum Gasteiger partial charge on any atom is 0.0897 e. The van der Waals surface area contributed by atoms with Gasteiger partial charge in [-0.1, -0.05) is 35.4 Å². The first-order valence-electron chi connectivity index (χ1n) is 6.10. The van der Waals surface area contributed by atoms with Crippen LogP contribution >= 0.6 is 0 Å². The Kier molecular flexibility index (Phi) is 4.50. The molecule has 2 rings (SSSR count). The first-order chi connectivity index (χ1) is 8.88. The highest BCUT2D eigenvalue weighted by Gasteiger charge is 2.11. The molecule has 0 unspecified atom stereocenters. The Bertz CT molecular complexity index is 436. The van der Waals surface area contributed by atoms with Crippen LogP contribution in [0.2, 0.25) is 0 Å². The molecule has 0 aromatic heterocycles. The van der Waals surface area contributed by atoms with Crippen molar-refractivity contribution in [1.82, 2.24) is 9.80 Å². The molecule has 0 aliphatic carbocycles. The van der Waals surface area contributed by atoms with E-state index in [4.69, 9.17) is 5.53 Å². The minimum Gasteiger partial charge on any atom is -0.359 e. The molecule has 1 aliphatic heterocycles. The predicted octanol–water partition coefficient (Wildman–Crippen LogP) is 2.93. The van der Waals surface area contributed by atoms with Crippen molar-refractivity contribution in [3.63, 3.8) is 0 Å². The number of azide groups is 1. The number of hydrogen-bond acceptors (Lipinski definition) is 3. The van der Waals surface area contributed by atoms with E-state index >= 15 is 0 Å². The van der Waals surface area contributed by atoms with Gasteiger partial charge in [0, 0.05) is 36.9 Å². The summed E-state index contributed by atoms with van der Waals surface area (Å²) in [6.45, 7) is 3.34. The minimum absolute atomic E-state index is 0.569. The Morgan fingerprint density at radius 1 is 1.17 bits per heavy atom. The third-order valence-corrected chi connectivity index (χ3v) is 2.85. The van der Waals surface area contributed by atoms with Gasteiger partial charge in [-0.3, -0.25) is 0 Å². The molecule has 5 heteroatoms. The Morgan fingerprint density at radius 3 is 2.72 bits per heavy atom. The summed E-state index contributed by atoms with van der Waals surface area (Å²) in [5.74, 6) is 0. The van der Waals surface area contributed by atoms with E-state index in [1.54, 1.807) is 0 Å². The molecule has 0 fully saturated rings. The molecule has 0 spiro atoms. The molecule has 0 amide bonds. The summed E-state index contributed by atoms with van der Waals surface area (Å²) in [4.78, 5) is 7.25. The summed E-state index contributed by atoms with van der Waals surface area (Å²) in [7, 11) is 0. The predicted molar refractivity (Wildman–Crippen MR) is 71.3 cm³/mol. The van der Waals surface area contributed by atoms with Gasteiger partial charge in [0.25, 0.3) is 0 Å². The van der Waals surface area contributed by atoms with Gasteiger partial charge in [0.1, 0.15) is 0 Å². The minimum atomic E-state index is 0.569. The van der Waals surface area contributed by atoms with Gasteiger partial charge in [0.15, 0.2) is 0 Å². The largest absolute Gasteiger partial charge is 0.359 e. The molecule has 1 heterocycles. The molecule has 0 radical (unpaired) electrons. The van der Waals surface area contributed by atoms with Crippen molar-refractivity contribution in [2.45, 2.75) is 13.0 Å². The second kappa shape index (κ2) is 6.57. The standard InChI is InChI=1S/C13H17N5/c14-16-15-7-4-8-17-9-10-18(12-17)11-13-5-2-1-3-6-13/h1-3,5-6,9-10H,4,7-8,11-12H2. The van der Waals surface area contributed by atoms with E-state index in [9.17, 15) is 0 Å². The summed E-state index contributed by atoms with van der Waals surface area (Å²) >= 11 is 0. The highest BCUT2D eigenvalue weighted by molar-refractivity contribution is 5.15. The Morgan fingerprint density at radius 2 is 1.94 bits per heavy atom. The molecule has 5 nitrogen and oxygen atoms in total. The van der Waals surface area contributed by atoms with Crippen LogP contribution in [0.1, 0.15) is 12.0 Å². The quantitative estimate of drug-likeness (QED) is 0.334. The number of hydrogen-bond donors (Lipinski definition) is 0. The van der Waals surface area contributed by atoms with Crippen LogP contribution in [-0.2, 0) is 6.54 Å². The van der Waals surface area contributed by atoms with Gasteiger partial charge in [0.05, 0.1) is 6.67 Å². The van der Waals surface area contributed by atoms with Crippen LogP contribution in [0.15, 0.2) is 47.8 Å². The van der Waals surface area contributed by atoms with Crippen LogP contribution in [0.25, 0.3) is 10.4 Å². The van der Waals surface area contributed by atoms with Crippen LogP contribution in [0.3, 0.4) is 0 Å². The second-order valence-corrected chi connectivity index (χ2v) is 4.29. The van der Waals surface area contributed by atoms with E-state index < -0.39 is 0 Å². The van der Waals surface area contributed by atoms with Crippen molar-refractivity contribution in [2.75, 3.05) is 19.8 Å². The van der Waals surface area contributed by atoms with Crippen LogP contribution < -0.4 is 0 Å². The molecular weight excluding hydrogens is 226 g/mol. The summed E-state index contributed by atoms with van der Waals surface area (Å²) < 4.78 is 0. The van der Waals surface area contributed by atoms with Gasteiger partial charge in [-0.05, 0) is 17.5 Å². The molecule has 1 aromatic rings. The van der Waals surface area contributed by atoms with Crippen molar-refractivity contribution < 1.29 is 0 Å². The highest BCUT2D eigenvalue weighted by Crippen LogP contribution is 2.11. The lowest BCUT2D eigenvalue weighted by Crippen LogP contribution is -2.26. The first-order valence-corrected chi connectivity index (χ1v) is 6.10. The van der Waals surface area contributed by atoms with Crippen LogP contribution in [0, 0.1) is 0 Å². The smallest absolute Gasteiger partial charge is 0.0897 e. The van der Waals surface area contributed by atoms with Gasteiger partial charge in [-0.25, -0.2) is 0 Å². The number of benzene rings is 1. The van der Waals surface area contributed by atoms with E-state index in [2.05, 4.69) is 56.5 Å². The average molecular weight is 243 g/mol. The SMILES string of the molecule is [N-]=[N+]=NCCCN1C=CN(Cc2ccccc2)C1. The fourth-order valence-electron chi connectivity index (χ4n) is 1.97. The van der Waals surface area contributed by atoms with Gasteiger partial charge >= 0.3 is 0 Å². The molecule has 0 bridgehead atoms. The Balaban J connectivity index is 1.72. The zero-order valence-electron chi connectivity index (χ0n) is 10.3. The Labute approximate surface area is 107 Å². The molecule has 0 atom stereocenters. The lowest BCUT2D eigenvalue weighted by molar-refractivity contribution is 0.259. The van der Waals surface area contributed by atoms with E-state index in [1.165, 1.54) is 5.56 Å². The van der Waals surface area contributed by atoms with Crippen LogP contribution in [-0.4, -0.2) is 29.6 Å². The lowest BCUT2D eigenvalue weighted by Gasteiger charge is -2.21.